The third kappa shape index (κ3) is 4.60. The smallest absolute Gasteiger partial charge is 0.243 e. The molecule has 2 aliphatic heterocycles. The highest BCUT2D eigenvalue weighted by Crippen LogP contribution is 2.25. The van der Waals surface area contributed by atoms with Gasteiger partial charge in [-0.1, -0.05) is 0 Å². The average molecular weight is 447 g/mol. The second-order valence-corrected chi connectivity index (χ2v) is 10.0. The van der Waals surface area contributed by atoms with E-state index in [0.717, 1.165) is 43.4 Å². The number of aryl methyl sites for hydroxylation is 1. The van der Waals surface area contributed by atoms with Gasteiger partial charge in [0.2, 0.25) is 10.0 Å². The van der Waals surface area contributed by atoms with Crippen LogP contribution in [-0.4, -0.2) is 94.3 Å². The molecule has 0 amide bonds. The number of rotatable bonds is 5. The summed E-state index contributed by atoms with van der Waals surface area (Å²) in [6, 6.07) is 8.98. The topological polar surface area (TPSA) is 82.1 Å². The monoisotopic (exact) mass is 446 g/mol. The predicted molar refractivity (Wildman–Crippen MR) is 120 cm³/mol. The van der Waals surface area contributed by atoms with Gasteiger partial charge >= 0.3 is 0 Å². The zero-order valence-electron chi connectivity index (χ0n) is 18.4. The number of methoxy groups -OCH3 is 1. The maximum Gasteiger partial charge on any atom is 0.243 e. The highest BCUT2D eigenvalue weighted by Gasteiger charge is 2.29. The van der Waals surface area contributed by atoms with Crippen LogP contribution in [0.5, 0.6) is 5.75 Å². The van der Waals surface area contributed by atoms with Crippen molar-refractivity contribution in [2.45, 2.75) is 11.8 Å². The quantitative estimate of drug-likeness (QED) is 0.674. The van der Waals surface area contributed by atoms with Crippen LogP contribution in [0.4, 0.5) is 11.6 Å². The predicted octanol–water partition coefficient (Wildman–Crippen LogP) is 1.06. The Hall–Kier alpha value is -2.43. The molecule has 1 aromatic carbocycles. The minimum Gasteiger partial charge on any atom is -0.496 e. The first-order chi connectivity index (χ1) is 14.9. The zero-order valence-corrected chi connectivity index (χ0v) is 19.2. The normalized spacial score (nSPS) is 18.9. The number of nitrogens with zero attached hydrogens (tertiary/aromatic N) is 6. The Morgan fingerprint density at radius 3 is 1.87 bits per heavy atom. The van der Waals surface area contributed by atoms with Crippen LogP contribution in [0.3, 0.4) is 0 Å². The van der Waals surface area contributed by atoms with Crippen molar-refractivity contribution in [3.63, 3.8) is 0 Å². The van der Waals surface area contributed by atoms with E-state index in [1.54, 1.807) is 25.3 Å². The minimum absolute atomic E-state index is 0.301. The molecule has 10 heteroatoms. The average Bonchev–Trinajstić information content (AvgIpc) is 2.80. The van der Waals surface area contributed by atoms with Gasteiger partial charge in [0, 0.05) is 52.4 Å². The third-order valence-electron chi connectivity index (χ3n) is 6.03. The lowest BCUT2D eigenvalue weighted by atomic mass is 10.2. The van der Waals surface area contributed by atoms with Crippen LogP contribution < -0.4 is 14.5 Å². The van der Waals surface area contributed by atoms with E-state index in [-0.39, 0.29) is 0 Å². The second-order valence-electron chi connectivity index (χ2n) is 8.06. The molecule has 168 valence electrons. The standard InChI is InChI=1S/C21H30N6O3S/c1-17-16-18(4-5-19(17)30-3)31(28,29)27-14-12-26(13-15-27)21-7-6-20(22-23-21)25-10-8-24(2)9-11-25/h4-7,16H,8-15H2,1-3H3. The number of hydrogen-bond donors (Lipinski definition) is 0. The first-order valence-electron chi connectivity index (χ1n) is 10.6. The lowest BCUT2D eigenvalue weighted by molar-refractivity contribution is 0.312. The van der Waals surface area contributed by atoms with Crippen molar-refractivity contribution < 1.29 is 13.2 Å². The third-order valence-corrected chi connectivity index (χ3v) is 7.93. The summed E-state index contributed by atoms with van der Waals surface area (Å²) in [6.45, 7) is 7.78. The molecule has 2 fully saturated rings. The molecule has 2 aromatic rings. The first-order valence-corrected chi connectivity index (χ1v) is 12.0. The fraction of sp³-hybridized carbons (Fsp3) is 0.524. The summed E-state index contributed by atoms with van der Waals surface area (Å²) >= 11 is 0. The van der Waals surface area contributed by atoms with Gasteiger partial charge < -0.3 is 19.4 Å². The van der Waals surface area contributed by atoms with Gasteiger partial charge in [-0.25, -0.2) is 8.42 Å². The maximum absolute atomic E-state index is 13.1. The van der Waals surface area contributed by atoms with Crippen molar-refractivity contribution >= 4 is 21.7 Å². The number of anilines is 2. The van der Waals surface area contributed by atoms with Crippen LogP contribution in [0, 0.1) is 6.92 Å². The molecule has 1 aromatic heterocycles. The van der Waals surface area contributed by atoms with E-state index in [4.69, 9.17) is 4.74 Å². The van der Waals surface area contributed by atoms with Gasteiger partial charge in [0.1, 0.15) is 5.75 Å². The van der Waals surface area contributed by atoms with Gasteiger partial charge in [0.05, 0.1) is 12.0 Å². The van der Waals surface area contributed by atoms with Crippen LogP contribution >= 0.6 is 0 Å². The number of hydrogen-bond acceptors (Lipinski definition) is 8. The molecule has 0 saturated carbocycles. The summed E-state index contributed by atoms with van der Waals surface area (Å²) < 4.78 is 32.9. The van der Waals surface area contributed by atoms with Crippen molar-refractivity contribution in [1.29, 1.82) is 0 Å². The van der Waals surface area contributed by atoms with Gasteiger partial charge in [0.15, 0.2) is 11.6 Å². The van der Waals surface area contributed by atoms with E-state index in [1.807, 2.05) is 19.1 Å². The van der Waals surface area contributed by atoms with Crippen LogP contribution in [0.25, 0.3) is 0 Å². The summed E-state index contributed by atoms with van der Waals surface area (Å²) in [5.74, 6) is 2.37. The number of likely N-dealkylation sites (N-methyl/N-ethyl adjacent to an activating group) is 1. The van der Waals surface area contributed by atoms with Gasteiger partial charge in [-0.05, 0) is 49.9 Å². The molecular formula is C21H30N6O3S. The Bertz CT molecular complexity index is 998. The zero-order chi connectivity index (χ0) is 22.0. The molecule has 0 N–H and O–H groups in total. The maximum atomic E-state index is 13.1. The van der Waals surface area contributed by atoms with Gasteiger partial charge in [-0.15, -0.1) is 10.2 Å². The molecule has 2 saturated heterocycles. The number of aromatic nitrogens is 2. The van der Waals surface area contributed by atoms with E-state index in [0.29, 0.717) is 36.8 Å². The molecule has 31 heavy (non-hydrogen) atoms. The highest BCUT2D eigenvalue weighted by molar-refractivity contribution is 7.89. The minimum atomic E-state index is -3.54. The van der Waals surface area contributed by atoms with E-state index >= 15 is 0 Å². The molecular weight excluding hydrogens is 416 g/mol. The van der Waals surface area contributed by atoms with Gasteiger partial charge in [0.25, 0.3) is 0 Å². The van der Waals surface area contributed by atoms with Crippen LogP contribution in [0.1, 0.15) is 5.56 Å². The van der Waals surface area contributed by atoms with E-state index < -0.39 is 10.0 Å². The number of sulfonamides is 1. The van der Waals surface area contributed by atoms with Crippen LogP contribution in [0.15, 0.2) is 35.2 Å². The summed E-state index contributed by atoms with van der Waals surface area (Å²) in [5, 5.41) is 8.83. The molecule has 0 atom stereocenters. The summed E-state index contributed by atoms with van der Waals surface area (Å²) in [6.07, 6.45) is 0. The molecule has 2 aliphatic rings. The molecule has 0 aliphatic carbocycles. The Balaban J connectivity index is 1.38. The van der Waals surface area contributed by atoms with Gasteiger partial charge in [-0.3, -0.25) is 0 Å². The fourth-order valence-corrected chi connectivity index (χ4v) is 5.52. The summed E-state index contributed by atoms with van der Waals surface area (Å²) in [7, 11) is 0.170. The fourth-order valence-electron chi connectivity index (χ4n) is 4.01. The first kappa shape index (κ1) is 21.8. The number of ether oxygens (including phenoxy) is 1. The summed E-state index contributed by atoms with van der Waals surface area (Å²) in [5.41, 5.74) is 0.804. The van der Waals surface area contributed by atoms with Crippen LogP contribution in [-0.2, 0) is 10.0 Å². The highest BCUT2D eigenvalue weighted by atomic mass is 32.2. The molecule has 0 radical (unpaired) electrons. The van der Waals surface area contributed by atoms with E-state index in [9.17, 15) is 8.42 Å². The number of piperazine rings is 2. The van der Waals surface area contributed by atoms with Crippen molar-refractivity contribution in [2.75, 3.05) is 76.3 Å². The molecule has 0 bridgehead atoms. The van der Waals surface area contributed by atoms with Crippen LogP contribution in [0.2, 0.25) is 0 Å². The summed E-state index contributed by atoms with van der Waals surface area (Å²) in [4.78, 5) is 6.94. The Morgan fingerprint density at radius 1 is 0.839 bits per heavy atom. The molecule has 4 rings (SSSR count). The Labute approximate surface area is 184 Å². The largest absolute Gasteiger partial charge is 0.496 e. The van der Waals surface area contributed by atoms with E-state index in [2.05, 4.69) is 31.9 Å². The number of benzene rings is 1. The molecule has 9 nitrogen and oxygen atoms in total. The van der Waals surface area contributed by atoms with Crippen molar-refractivity contribution in [1.82, 2.24) is 19.4 Å². The van der Waals surface area contributed by atoms with Crippen molar-refractivity contribution in [2.24, 2.45) is 0 Å². The molecule has 0 spiro atoms. The Kier molecular flexibility index (Phi) is 6.31. The Morgan fingerprint density at radius 2 is 1.39 bits per heavy atom. The van der Waals surface area contributed by atoms with Crippen molar-refractivity contribution in [3.8, 4) is 5.75 Å². The lowest BCUT2D eigenvalue weighted by Gasteiger charge is -2.35. The lowest BCUT2D eigenvalue weighted by Crippen LogP contribution is -2.49. The second kappa shape index (κ2) is 8.97. The van der Waals surface area contributed by atoms with Crippen molar-refractivity contribution in [3.05, 3.63) is 35.9 Å². The molecule has 3 heterocycles. The van der Waals surface area contributed by atoms with Gasteiger partial charge in [-0.2, -0.15) is 4.31 Å². The molecule has 0 unspecified atom stereocenters. The van der Waals surface area contributed by atoms with E-state index in [1.165, 1.54) is 4.31 Å². The SMILES string of the molecule is COc1ccc(S(=O)(=O)N2CCN(c3ccc(N4CCN(C)CC4)nn3)CC2)cc1C.